The fourth-order valence-corrected chi connectivity index (χ4v) is 2.08. The van der Waals surface area contributed by atoms with Gasteiger partial charge in [-0.3, -0.25) is 0 Å². The van der Waals surface area contributed by atoms with Crippen LogP contribution in [0.15, 0.2) is 36.4 Å². The van der Waals surface area contributed by atoms with Gasteiger partial charge in [0.1, 0.15) is 0 Å². The third-order valence-corrected chi connectivity index (χ3v) is 3.19. The van der Waals surface area contributed by atoms with Crippen molar-refractivity contribution in [2.45, 2.75) is 40.0 Å². The lowest BCUT2D eigenvalue weighted by Gasteiger charge is -2.17. The summed E-state index contributed by atoms with van der Waals surface area (Å²) >= 11 is 0. The fraction of sp³-hybridized carbons (Fsp3) is 0.471. The molecule has 2 nitrogen and oxygen atoms in total. The first-order chi connectivity index (χ1) is 9.27. The number of ether oxygens (including phenoxy) is 1. The van der Waals surface area contributed by atoms with E-state index in [1.54, 1.807) is 0 Å². The van der Waals surface area contributed by atoms with Crippen molar-refractivity contribution in [3.8, 4) is 0 Å². The van der Waals surface area contributed by atoms with Crippen molar-refractivity contribution in [3.05, 3.63) is 47.5 Å². The molecule has 0 aromatic heterocycles. The predicted octanol–water partition coefficient (Wildman–Crippen LogP) is 4.53. The van der Waals surface area contributed by atoms with Crippen molar-refractivity contribution in [3.63, 3.8) is 0 Å². The normalized spacial score (nSPS) is 17.3. The molecule has 0 amide bonds. The molecule has 0 saturated heterocycles. The molecule has 0 bridgehead atoms. The number of esters is 1. The quantitative estimate of drug-likeness (QED) is 0.589. The molecule has 1 unspecified atom stereocenters. The molecule has 1 aromatic carbocycles. The van der Waals surface area contributed by atoms with E-state index in [1.165, 1.54) is 0 Å². The van der Waals surface area contributed by atoms with Crippen molar-refractivity contribution in [1.82, 2.24) is 0 Å². The molecule has 0 radical (unpaired) electrons. The predicted molar refractivity (Wildman–Crippen MR) is 79.3 cm³/mol. The maximum Gasteiger partial charge on any atom is 0.338 e. The monoisotopic (exact) mass is 260 g/mol. The summed E-state index contributed by atoms with van der Waals surface area (Å²) in [5.74, 6) is 0.297. The van der Waals surface area contributed by atoms with Gasteiger partial charge in [0.2, 0.25) is 0 Å². The van der Waals surface area contributed by atoms with E-state index in [1.807, 2.05) is 45.0 Å². The van der Waals surface area contributed by atoms with Crippen LogP contribution >= 0.6 is 0 Å². The van der Waals surface area contributed by atoms with Crippen LogP contribution in [0.2, 0.25) is 0 Å². The largest absolute Gasteiger partial charge is 0.462 e. The third-order valence-electron chi connectivity index (χ3n) is 3.19. The molecule has 2 rings (SSSR count). The molecule has 1 atom stereocenters. The summed E-state index contributed by atoms with van der Waals surface area (Å²) in [5, 5.41) is 0. The van der Waals surface area contributed by atoms with Crippen LogP contribution in [-0.2, 0) is 4.74 Å². The van der Waals surface area contributed by atoms with Crippen LogP contribution in [0.1, 0.15) is 49.0 Å². The van der Waals surface area contributed by atoms with E-state index in [4.69, 9.17) is 4.74 Å². The average molecular weight is 260 g/mol. The zero-order valence-electron chi connectivity index (χ0n) is 12.2. The van der Waals surface area contributed by atoms with Gasteiger partial charge in [-0.15, -0.1) is 0 Å². The Morgan fingerprint density at radius 1 is 1.26 bits per heavy atom. The van der Waals surface area contributed by atoms with Gasteiger partial charge in [-0.2, -0.15) is 0 Å². The second-order valence-electron chi connectivity index (χ2n) is 4.56. The number of rotatable bonds is 3. The molecule has 1 aromatic rings. The summed E-state index contributed by atoms with van der Waals surface area (Å²) in [4.78, 5) is 11.9. The van der Waals surface area contributed by atoms with E-state index < -0.39 is 0 Å². The van der Waals surface area contributed by atoms with Crippen LogP contribution in [0, 0.1) is 12.8 Å². The van der Waals surface area contributed by atoms with E-state index in [9.17, 15) is 4.79 Å². The number of carbonyl (C=O) groups excluding carboxylic acids is 1. The summed E-state index contributed by atoms with van der Waals surface area (Å²) in [6.45, 7) is 6.47. The molecule has 0 N–H and O–H groups in total. The van der Waals surface area contributed by atoms with Crippen LogP contribution in [0.3, 0.4) is 0 Å². The van der Waals surface area contributed by atoms with Gasteiger partial charge in [-0.25, -0.2) is 4.79 Å². The van der Waals surface area contributed by atoms with Crippen LogP contribution in [0.4, 0.5) is 0 Å². The minimum Gasteiger partial charge on any atom is -0.462 e. The molecule has 0 aliphatic heterocycles. The van der Waals surface area contributed by atoms with Crippen molar-refractivity contribution in [1.29, 1.82) is 0 Å². The molecule has 1 aliphatic carbocycles. The van der Waals surface area contributed by atoms with Gasteiger partial charge in [0, 0.05) is 0 Å². The van der Waals surface area contributed by atoms with Gasteiger partial charge >= 0.3 is 5.97 Å². The van der Waals surface area contributed by atoms with Gasteiger partial charge in [-0.1, -0.05) is 44.2 Å². The Balaban J connectivity index is 0.000000861. The molecule has 0 spiro atoms. The van der Waals surface area contributed by atoms with Crippen molar-refractivity contribution in [2.75, 3.05) is 6.61 Å². The van der Waals surface area contributed by atoms with Crippen LogP contribution in [-0.4, -0.2) is 12.6 Å². The number of allylic oxidation sites excluding steroid dienone is 2. The maximum absolute atomic E-state index is 11.9. The molecule has 1 aliphatic rings. The Kier molecular flexibility index (Phi) is 6.94. The molecular formula is C17H24O2. The van der Waals surface area contributed by atoms with Crippen molar-refractivity contribution in [2.24, 2.45) is 5.92 Å². The first-order valence-electron chi connectivity index (χ1n) is 7.15. The Bertz CT molecular complexity index is 421. The summed E-state index contributed by atoms with van der Waals surface area (Å²) in [5.41, 5.74) is 1.65. The first-order valence-corrected chi connectivity index (χ1v) is 7.15. The van der Waals surface area contributed by atoms with Crippen molar-refractivity contribution < 1.29 is 9.53 Å². The van der Waals surface area contributed by atoms with Crippen LogP contribution < -0.4 is 0 Å². The van der Waals surface area contributed by atoms with Gasteiger partial charge in [0.15, 0.2) is 0 Å². The van der Waals surface area contributed by atoms with Gasteiger partial charge in [0.05, 0.1) is 12.2 Å². The summed E-state index contributed by atoms with van der Waals surface area (Å²) in [6.07, 6.45) is 7.63. The number of benzene rings is 1. The molecular weight excluding hydrogens is 236 g/mol. The SMILES string of the molecule is CC.Cc1ccccc1C(=O)OCC1CC=CCC1. The van der Waals surface area contributed by atoms with E-state index in [0.29, 0.717) is 18.1 Å². The van der Waals surface area contributed by atoms with Gasteiger partial charge in [0.25, 0.3) is 0 Å². The first kappa shape index (κ1) is 15.5. The number of aryl methyl sites for hydroxylation is 1. The Hall–Kier alpha value is -1.57. The number of carbonyl (C=O) groups is 1. The second kappa shape index (κ2) is 8.52. The van der Waals surface area contributed by atoms with Crippen molar-refractivity contribution >= 4 is 5.97 Å². The summed E-state index contributed by atoms with van der Waals surface area (Å²) in [6, 6.07) is 7.55. The summed E-state index contributed by atoms with van der Waals surface area (Å²) < 4.78 is 5.38. The second-order valence-corrected chi connectivity index (χ2v) is 4.56. The third kappa shape index (κ3) is 4.90. The van der Waals surface area contributed by atoms with Crippen LogP contribution in [0.5, 0.6) is 0 Å². The van der Waals surface area contributed by atoms with E-state index in [0.717, 1.165) is 24.8 Å². The van der Waals surface area contributed by atoms with Gasteiger partial charge < -0.3 is 4.74 Å². The lowest BCUT2D eigenvalue weighted by molar-refractivity contribution is 0.0431. The highest BCUT2D eigenvalue weighted by Crippen LogP contribution is 2.19. The van der Waals surface area contributed by atoms with E-state index >= 15 is 0 Å². The number of hydrogen-bond donors (Lipinski definition) is 0. The topological polar surface area (TPSA) is 26.3 Å². The highest BCUT2D eigenvalue weighted by molar-refractivity contribution is 5.90. The maximum atomic E-state index is 11.9. The molecule has 2 heteroatoms. The number of hydrogen-bond acceptors (Lipinski definition) is 2. The minimum absolute atomic E-state index is 0.197. The highest BCUT2D eigenvalue weighted by atomic mass is 16.5. The zero-order valence-corrected chi connectivity index (χ0v) is 12.2. The average Bonchev–Trinajstić information content (AvgIpc) is 2.48. The zero-order chi connectivity index (χ0) is 14.1. The van der Waals surface area contributed by atoms with E-state index in [-0.39, 0.29) is 5.97 Å². The molecule has 0 saturated carbocycles. The molecule has 0 fully saturated rings. The standard InChI is InChI=1S/C15H18O2.C2H6/c1-12-7-5-6-10-14(12)15(16)17-11-13-8-3-2-4-9-13;1-2/h2-3,5-7,10,13H,4,8-9,11H2,1H3;1-2H3. The molecule has 104 valence electrons. The lowest BCUT2D eigenvalue weighted by atomic mass is 9.95. The minimum atomic E-state index is -0.197. The Labute approximate surface area is 116 Å². The highest BCUT2D eigenvalue weighted by Gasteiger charge is 2.14. The summed E-state index contributed by atoms with van der Waals surface area (Å²) in [7, 11) is 0. The lowest BCUT2D eigenvalue weighted by Crippen LogP contribution is -2.15. The molecule has 0 heterocycles. The van der Waals surface area contributed by atoms with Crippen LogP contribution in [0.25, 0.3) is 0 Å². The fourth-order valence-electron chi connectivity index (χ4n) is 2.08. The molecule has 19 heavy (non-hydrogen) atoms. The smallest absolute Gasteiger partial charge is 0.338 e. The van der Waals surface area contributed by atoms with E-state index in [2.05, 4.69) is 12.2 Å². The Morgan fingerprint density at radius 2 is 2.00 bits per heavy atom. The van der Waals surface area contributed by atoms with Gasteiger partial charge in [-0.05, 0) is 43.7 Å². The Morgan fingerprint density at radius 3 is 2.63 bits per heavy atom.